The molecule has 0 fully saturated rings. The Balaban J connectivity index is 0.00000196. The van der Waals surface area contributed by atoms with Gasteiger partial charge in [0, 0.05) is 11.1 Å². The van der Waals surface area contributed by atoms with Crippen molar-refractivity contribution in [2.24, 2.45) is 0 Å². The highest BCUT2D eigenvalue weighted by Crippen LogP contribution is 2.26. The van der Waals surface area contributed by atoms with E-state index in [9.17, 15) is 4.39 Å². The van der Waals surface area contributed by atoms with Gasteiger partial charge in [-0.25, -0.2) is 14.4 Å². The highest BCUT2D eigenvalue weighted by atomic mass is 35.5. The van der Waals surface area contributed by atoms with Crippen molar-refractivity contribution in [3.8, 4) is 11.5 Å². The molecule has 1 aromatic heterocycles. The second-order valence-corrected chi connectivity index (χ2v) is 5.45. The van der Waals surface area contributed by atoms with E-state index < -0.39 is 0 Å². The number of halogens is 2. The van der Waals surface area contributed by atoms with E-state index in [4.69, 9.17) is 4.74 Å². The molecular weight excluding hydrogens is 353 g/mol. The number of hydrogen-bond donors (Lipinski definition) is 1. The minimum Gasteiger partial charge on any atom is -0.457 e. The fraction of sp³-hybridized carbons (Fsp3) is 0. The van der Waals surface area contributed by atoms with Gasteiger partial charge in [-0.05, 0) is 54.6 Å². The molecule has 0 atom stereocenters. The number of aromatic nitrogens is 2. The first-order valence-electron chi connectivity index (χ1n) is 7.78. The summed E-state index contributed by atoms with van der Waals surface area (Å²) in [4.78, 5) is 8.36. The fourth-order valence-electron chi connectivity index (χ4n) is 2.50. The van der Waals surface area contributed by atoms with E-state index in [-0.39, 0.29) is 18.2 Å². The minimum absolute atomic E-state index is 0. The lowest BCUT2D eigenvalue weighted by molar-refractivity contribution is 0.483. The second kappa shape index (κ2) is 7.80. The van der Waals surface area contributed by atoms with E-state index in [0.29, 0.717) is 16.7 Å². The normalized spacial score (nSPS) is 10.2. The van der Waals surface area contributed by atoms with Crippen LogP contribution in [0.15, 0.2) is 79.1 Å². The van der Waals surface area contributed by atoms with Gasteiger partial charge < -0.3 is 10.1 Å². The Labute approximate surface area is 156 Å². The predicted molar refractivity (Wildman–Crippen MR) is 103 cm³/mol. The number of para-hydroxylation sites is 1. The average Bonchev–Trinajstić information content (AvgIpc) is 2.65. The van der Waals surface area contributed by atoms with E-state index >= 15 is 0 Å². The maximum Gasteiger partial charge on any atom is 0.141 e. The Morgan fingerprint density at radius 2 is 1.54 bits per heavy atom. The lowest BCUT2D eigenvalue weighted by atomic mass is 10.2. The molecule has 1 heterocycles. The van der Waals surface area contributed by atoms with Crippen molar-refractivity contribution in [1.82, 2.24) is 9.97 Å². The molecule has 0 radical (unpaired) electrons. The van der Waals surface area contributed by atoms with Gasteiger partial charge in [0.05, 0.1) is 5.52 Å². The molecule has 26 heavy (non-hydrogen) atoms. The Bertz CT molecular complexity index is 1010. The van der Waals surface area contributed by atoms with Crippen molar-refractivity contribution < 1.29 is 9.13 Å². The summed E-state index contributed by atoms with van der Waals surface area (Å²) >= 11 is 0. The molecule has 0 aliphatic carbocycles. The highest BCUT2D eigenvalue weighted by Gasteiger charge is 2.06. The van der Waals surface area contributed by atoms with Crippen molar-refractivity contribution in [2.45, 2.75) is 0 Å². The monoisotopic (exact) mass is 367 g/mol. The molecule has 0 amide bonds. The largest absolute Gasteiger partial charge is 0.457 e. The zero-order valence-corrected chi connectivity index (χ0v) is 14.4. The van der Waals surface area contributed by atoms with Crippen LogP contribution in [0, 0.1) is 5.82 Å². The Morgan fingerprint density at radius 1 is 0.808 bits per heavy atom. The maximum absolute atomic E-state index is 13.5. The quantitative estimate of drug-likeness (QED) is 0.500. The third kappa shape index (κ3) is 3.90. The van der Waals surface area contributed by atoms with E-state index in [0.717, 1.165) is 17.2 Å². The van der Waals surface area contributed by atoms with Crippen molar-refractivity contribution in [1.29, 1.82) is 0 Å². The van der Waals surface area contributed by atoms with Gasteiger partial charge in [-0.1, -0.05) is 18.2 Å². The molecule has 0 bridgehead atoms. The summed E-state index contributed by atoms with van der Waals surface area (Å²) in [6, 6.07) is 21.5. The summed E-state index contributed by atoms with van der Waals surface area (Å²) < 4.78 is 19.3. The first-order valence-corrected chi connectivity index (χ1v) is 7.78. The van der Waals surface area contributed by atoms with Gasteiger partial charge in [-0.2, -0.15) is 0 Å². The van der Waals surface area contributed by atoms with Gasteiger partial charge in [0.1, 0.15) is 29.5 Å². The van der Waals surface area contributed by atoms with Crippen LogP contribution < -0.4 is 10.1 Å². The van der Waals surface area contributed by atoms with Gasteiger partial charge >= 0.3 is 0 Å². The molecule has 0 unspecified atom stereocenters. The maximum atomic E-state index is 13.5. The molecule has 0 spiro atoms. The molecule has 130 valence electrons. The number of nitrogens with zero attached hydrogens (tertiary/aromatic N) is 2. The Morgan fingerprint density at radius 3 is 2.31 bits per heavy atom. The molecular formula is C20H15ClFN3O. The SMILES string of the molecule is Cl.Fc1ccc2ncnc(Nc3ccc(Oc4ccccc4)cc3)c2c1. The molecule has 1 N–H and O–H groups in total. The Hall–Kier alpha value is -3.18. The first kappa shape index (κ1) is 17.6. The van der Waals surface area contributed by atoms with Crippen LogP contribution in [0.25, 0.3) is 10.9 Å². The van der Waals surface area contributed by atoms with Crippen molar-refractivity contribution in [3.63, 3.8) is 0 Å². The lowest BCUT2D eigenvalue weighted by Gasteiger charge is -2.10. The van der Waals surface area contributed by atoms with Gasteiger partial charge in [0.25, 0.3) is 0 Å². The second-order valence-electron chi connectivity index (χ2n) is 5.45. The number of fused-ring (bicyclic) bond motifs is 1. The smallest absolute Gasteiger partial charge is 0.141 e. The van der Waals surface area contributed by atoms with Crippen molar-refractivity contribution >= 4 is 34.8 Å². The molecule has 0 saturated heterocycles. The fourth-order valence-corrected chi connectivity index (χ4v) is 2.50. The molecule has 0 aliphatic heterocycles. The van der Waals surface area contributed by atoms with Crippen LogP contribution in [0.5, 0.6) is 11.5 Å². The zero-order chi connectivity index (χ0) is 17.1. The van der Waals surface area contributed by atoms with E-state index in [1.807, 2.05) is 54.6 Å². The van der Waals surface area contributed by atoms with Crippen molar-refractivity contribution in [3.05, 3.63) is 84.9 Å². The molecule has 6 heteroatoms. The third-order valence-electron chi connectivity index (χ3n) is 3.69. The summed E-state index contributed by atoms with van der Waals surface area (Å²) in [7, 11) is 0. The number of hydrogen-bond acceptors (Lipinski definition) is 4. The van der Waals surface area contributed by atoms with Crippen LogP contribution in [0.4, 0.5) is 15.9 Å². The van der Waals surface area contributed by atoms with Crippen LogP contribution in [-0.4, -0.2) is 9.97 Å². The number of nitrogens with one attached hydrogen (secondary N) is 1. The molecule has 4 aromatic rings. The number of benzene rings is 3. The third-order valence-corrected chi connectivity index (χ3v) is 3.69. The van der Waals surface area contributed by atoms with Crippen LogP contribution >= 0.6 is 12.4 Å². The molecule has 0 aliphatic rings. The van der Waals surface area contributed by atoms with E-state index in [2.05, 4.69) is 15.3 Å². The summed E-state index contributed by atoms with van der Waals surface area (Å²) in [6.45, 7) is 0. The van der Waals surface area contributed by atoms with Gasteiger partial charge in [-0.15, -0.1) is 12.4 Å². The van der Waals surface area contributed by atoms with Gasteiger partial charge in [-0.3, -0.25) is 0 Å². The summed E-state index contributed by atoms with van der Waals surface area (Å²) in [5, 5.41) is 3.82. The van der Waals surface area contributed by atoms with Crippen molar-refractivity contribution in [2.75, 3.05) is 5.32 Å². The predicted octanol–water partition coefficient (Wildman–Crippen LogP) is 5.73. The van der Waals surface area contributed by atoms with Crippen LogP contribution in [0.3, 0.4) is 0 Å². The lowest BCUT2D eigenvalue weighted by Crippen LogP contribution is -1.96. The van der Waals surface area contributed by atoms with E-state index in [1.165, 1.54) is 18.5 Å². The molecule has 4 nitrogen and oxygen atoms in total. The van der Waals surface area contributed by atoms with Crippen LogP contribution in [0.1, 0.15) is 0 Å². The summed E-state index contributed by atoms with van der Waals surface area (Å²) in [6.07, 6.45) is 1.45. The first-order chi connectivity index (χ1) is 12.3. The topological polar surface area (TPSA) is 47.0 Å². The average molecular weight is 368 g/mol. The van der Waals surface area contributed by atoms with E-state index in [1.54, 1.807) is 6.07 Å². The molecule has 0 saturated carbocycles. The zero-order valence-electron chi connectivity index (χ0n) is 13.6. The number of ether oxygens (including phenoxy) is 1. The highest BCUT2D eigenvalue weighted by molar-refractivity contribution is 5.90. The summed E-state index contributed by atoms with van der Waals surface area (Å²) in [5.74, 6) is 1.74. The molecule has 4 rings (SSSR count). The van der Waals surface area contributed by atoms with Gasteiger partial charge in [0.15, 0.2) is 0 Å². The van der Waals surface area contributed by atoms with Crippen LogP contribution in [0.2, 0.25) is 0 Å². The standard InChI is InChI=1S/C20H14FN3O.ClH/c21-14-6-11-19-18(12-14)20(23-13-22-19)24-15-7-9-17(10-8-15)25-16-4-2-1-3-5-16;/h1-13H,(H,22,23,24);1H. The minimum atomic E-state index is -0.322. The summed E-state index contributed by atoms with van der Waals surface area (Å²) in [5.41, 5.74) is 1.51. The number of anilines is 2. The molecule has 3 aromatic carbocycles. The van der Waals surface area contributed by atoms with Gasteiger partial charge in [0.2, 0.25) is 0 Å². The number of rotatable bonds is 4. The van der Waals surface area contributed by atoms with Crippen LogP contribution in [-0.2, 0) is 0 Å². The Kier molecular flexibility index (Phi) is 5.29.